The highest BCUT2D eigenvalue weighted by molar-refractivity contribution is 14.1. The van der Waals surface area contributed by atoms with Crippen LogP contribution in [-0.4, -0.2) is 29.5 Å². The minimum atomic E-state index is -0.447. The van der Waals surface area contributed by atoms with Crippen molar-refractivity contribution in [2.24, 2.45) is 0 Å². The van der Waals surface area contributed by atoms with E-state index in [9.17, 15) is 14.0 Å². The van der Waals surface area contributed by atoms with Crippen molar-refractivity contribution in [3.8, 4) is 0 Å². The normalized spacial score (nSPS) is 11.8. The van der Waals surface area contributed by atoms with Gasteiger partial charge in [0.2, 0.25) is 0 Å². The van der Waals surface area contributed by atoms with Crippen LogP contribution in [0.15, 0.2) is 18.2 Å². The van der Waals surface area contributed by atoms with Crippen LogP contribution in [-0.2, 0) is 9.53 Å². The predicted octanol–water partition coefficient (Wildman–Crippen LogP) is 1.84. The number of aryl methyl sites for hydroxylation is 1. The molecule has 0 aliphatic carbocycles. The van der Waals surface area contributed by atoms with Gasteiger partial charge in [-0.2, -0.15) is 0 Å². The van der Waals surface area contributed by atoms with E-state index < -0.39 is 9.89 Å². The topological polar surface area (TPSA) is 55.4 Å². The van der Waals surface area contributed by atoms with Crippen LogP contribution < -0.4 is 5.32 Å². The van der Waals surface area contributed by atoms with Gasteiger partial charge in [0, 0.05) is 12.1 Å². The second-order valence-electron chi connectivity index (χ2n) is 3.66. The minimum absolute atomic E-state index is 0.170. The van der Waals surface area contributed by atoms with Gasteiger partial charge in [0.25, 0.3) is 5.91 Å². The molecule has 0 radical (unpaired) electrons. The summed E-state index contributed by atoms with van der Waals surface area (Å²) in [4.78, 5) is 22.9. The number of rotatable bonds is 4. The lowest BCUT2D eigenvalue weighted by Crippen LogP contribution is -2.34. The lowest BCUT2D eigenvalue weighted by atomic mass is 10.1. The SMILES string of the molecule is COC(=O)C(I)CNC(=O)c1ccc(F)cc1C. The Kier molecular flexibility index (Phi) is 5.52. The van der Waals surface area contributed by atoms with E-state index in [0.29, 0.717) is 11.1 Å². The highest BCUT2D eigenvalue weighted by Crippen LogP contribution is 2.10. The Morgan fingerprint density at radius 2 is 2.17 bits per heavy atom. The number of hydrogen-bond donors (Lipinski definition) is 1. The van der Waals surface area contributed by atoms with Crippen molar-refractivity contribution in [2.75, 3.05) is 13.7 Å². The standard InChI is InChI=1S/C12H13FINO3/c1-7-5-8(13)3-4-9(7)11(16)15-6-10(14)12(17)18-2/h3-5,10H,6H2,1-2H3,(H,15,16). The second kappa shape index (κ2) is 6.67. The first-order valence-electron chi connectivity index (χ1n) is 5.22. The third-order valence-corrected chi connectivity index (χ3v) is 3.28. The minimum Gasteiger partial charge on any atom is -0.468 e. The van der Waals surface area contributed by atoms with Gasteiger partial charge in [0.1, 0.15) is 9.74 Å². The van der Waals surface area contributed by atoms with Crippen LogP contribution in [0, 0.1) is 12.7 Å². The van der Waals surface area contributed by atoms with Gasteiger partial charge < -0.3 is 10.1 Å². The second-order valence-corrected chi connectivity index (χ2v) is 5.16. The first kappa shape index (κ1) is 14.9. The van der Waals surface area contributed by atoms with E-state index in [1.165, 1.54) is 25.3 Å². The van der Waals surface area contributed by atoms with E-state index in [1.54, 1.807) is 6.92 Å². The fourth-order valence-electron chi connectivity index (χ4n) is 1.37. The molecule has 1 amide bonds. The van der Waals surface area contributed by atoms with E-state index >= 15 is 0 Å². The molecule has 4 nitrogen and oxygen atoms in total. The molecule has 18 heavy (non-hydrogen) atoms. The molecule has 1 N–H and O–H groups in total. The van der Waals surface area contributed by atoms with Crippen molar-refractivity contribution in [2.45, 2.75) is 10.8 Å². The van der Waals surface area contributed by atoms with Crippen LogP contribution in [0.2, 0.25) is 0 Å². The third kappa shape index (κ3) is 3.94. The van der Waals surface area contributed by atoms with E-state index in [4.69, 9.17) is 0 Å². The molecule has 6 heteroatoms. The number of amides is 1. The third-order valence-electron chi connectivity index (χ3n) is 2.33. The van der Waals surface area contributed by atoms with Gasteiger partial charge in [0.15, 0.2) is 0 Å². The Morgan fingerprint density at radius 1 is 1.50 bits per heavy atom. The number of carbonyl (C=O) groups excluding carboxylic acids is 2. The van der Waals surface area contributed by atoms with E-state index in [0.717, 1.165) is 0 Å². The number of alkyl halides is 1. The molecule has 1 aromatic carbocycles. The van der Waals surface area contributed by atoms with Crippen molar-refractivity contribution in [1.82, 2.24) is 5.32 Å². The maximum Gasteiger partial charge on any atom is 0.320 e. The molecule has 1 atom stereocenters. The molecule has 98 valence electrons. The quantitative estimate of drug-likeness (QED) is 0.503. The maximum atomic E-state index is 12.9. The summed E-state index contributed by atoms with van der Waals surface area (Å²) in [5.74, 6) is -1.12. The average Bonchev–Trinajstić information content (AvgIpc) is 2.34. The van der Waals surface area contributed by atoms with Crippen LogP contribution in [0.5, 0.6) is 0 Å². The molecule has 1 unspecified atom stereocenters. The predicted molar refractivity (Wildman–Crippen MR) is 73.3 cm³/mol. The van der Waals surface area contributed by atoms with Crippen LogP contribution in [0.4, 0.5) is 4.39 Å². The fourth-order valence-corrected chi connectivity index (χ4v) is 1.85. The number of halogens is 2. The molecule has 0 aliphatic heterocycles. The summed E-state index contributed by atoms with van der Waals surface area (Å²) < 4.78 is 17.0. The summed E-state index contributed by atoms with van der Waals surface area (Å²) >= 11 is 1.89. The zero-order valence-corrected chi connectivity index (χ0v) is 12.2. The number of benzene rings is 1. The molecule has 0 spiro atoms. The van der Waals surface area contributed by atoms with E-state index in [2.05, 4.69) is 10.1 Å². The summed E-state index contributed by atoms with van der Waals surface area (Å²) in [6.07, 6.45) is 0. The number of nitrogens with one attached hydrogen (secondary N) is 1. The van der Waals surface area contributed by atoms with Crippen molar-refractivity contribution in [3.05, 3.63) is 35.1 Å². The molecule has 0 saturated heterocycles. The van der Waals surface area contributed by atoms with Crippen LogP contribution in [0.1, 0.15) is 15.9 Å². The summed E-state index contributed by atoms with van der Waals surface area (Å²) in [5, 5.41) is 2.60. The Labute approximate surface area is 118 Å². The number of hydrogen-bond acceptors (Lipinski definition) is 3. The first-order valence-corrected chi connectivity index (χ1v) is 6.46. The summed E-state index contributed by atoms with van der Waals surface area (Å²) in [6, 6.07) is 3.93. The van der Waals surface area contributed by atoms with Crippen LogP contribution in [0.3, 0.4) is 0 Å². The summed E-state index contributed by atoms with van der Waals surface area (Å²) in [7, 11) is 1.29. The highest BCUT2D eigenvalue weighted by atomic mass is 127. The molecule has 0 bridgehead atoms. The van der Waals surface area contributed by atoms with E-state index in [1.807, 2.05) is 22.6 Å². The molecule has 0 heterocycles. The zero-order chi connectivity index (χ0) is 13.7. The Balaban J connectivity index is 2.63. The van der Waals surface area contributed by atoms with Gasteiger partial charge in [-0.3, -0.25) is 9.59 Å². The Morgan fingerprint density at radius 3 is 2.72 bits per heavy atom. The van der Waals surface area contributed by atoms with Gasteiger partial charge in [-0.15, -0.1) is 0 Å². The summed E-state index contributed by atoms with van der Waals surface area (Å²) in [6.45, 7) is 1.82. The average molecular weight is 365 g/mol. The number of methoxy groups -OCH3 is 1. The van der Waals surface area contributed by atoms with Gasteiger partial charge >= 0.3 is 5.97 Å². The van der Waals surface area contributed by atoms with Crippen LogP contribution >= 0.6 is 22.6 Å². The largest absolute Gasteiger partial charge is 0.468 e. The van der Waals surface area contributed by atoms with Crippen molar-refractivity contribution in [3.63, 3.8) is 0 Å². The molecule has 0 fully saturated rings. The van der Waals surface area contributed by atoms with Crippen molar-refractivity contribution >= 4 is 34.5 Å². The van der Waals surface area contributed by atoms with Crippen molar-refractivity contribution < 1.29 is 18.7 Å². The maximum absolute atomic E-state index is 12.9. The Hall–Kier alpha value is -1.18. The molecule has 0 aromatic heterocycles. The van der Waals surface area contributed by atoms with Crippen LogP contribution in [0.25, 0.3) is 0 Å². The Bertz CT molecular complexity index is 465. The zero-order valence-electron chi connectivity index (χ0n) is 10.00. The molecular formula is C12H13FINO3. The lowest BCUT2D eigenvalue weighted by Gasteiger charge is -2.10. The highest BCUT2D eigenvalue weighted by Gasteiger charge is 2.17. The number of ether oxygens (including phenoxy) is 1. The van der Waals surface area contributed by atoms with E-state index in [-0.39, 0.29) is 18.3 Å². The lowest BCUT2D eigenvalue weighted by molar-refractivity contribution is -0.139. The first-order chi connectivity index (χ1) is 8.45. The van der Waals surface area contributed by atoms with Gasteiger partial charge in [-0.25, -0.2) is 4.39 Å². The smallest absolute Gasteiger partial charge is 0.320 e. The summed E-state index contributed by atoms with van der Waals surface area (Å²) in [5.41, 5.74) is 0.945. The molecule has 0 saturated carbocycles. The van der Waals surface area contributed by atoms with Crippen molar-refractivity contribution in [1.29, 1.82) is 0 Å². The molecule has 1 aromatic rings. The number of esters is 1. The van der Waals surface area contributed by atoms with Gasteiger partial charge in [-0.1, -0.05) is 22.6 Å². The molecule has 1 rings (SSSR count). The van der Waals surface area contributed by atoms with Gasteiger partial charge in [0.05, 0.1) is 7.11 Å². The molecule has 0 aliphatic rings. The number of carbonyl (C=O) groups is 2. The monoisotopic (exact) mass is 365 g/mol. The van der Waals surface area contributed by atoms with Gasteiger partial charge in [-0.05, 0) is 30.7 Å². The fraction of sp³-hybridized carbons (Fsp3) is 0.333. The molecular weight excluding hydrogens is 352 g/mol.